The fourth-order valence-electron chi connectivity index (χ4n) is 1.96. The standard InChI is InChI=1S/C17H15N3O2S/c1-22-14-7-4-12(5-8-14)19-16-9-6-13(11-18-16)20-17(21)15-3-2-10-23-15/h2-11H,1H3,(H,18,19)(H,20,21). The van der Waals surface area contributed by atoms with E-state index in [1.54, 1.807) is 19.4 Å². The van der Waals surface area contributed by atoms with Gasteiger partial charge in [-0.25, -0.2) is 4.98 Å². The van der Waals surface area contributed by atoms with Crippen LogP contribution in [0.15, 0.2) is 60.1 Å². The van der Waals surface area contributed by atoms with Gasteiger partial charge in [0.25, 0.3) is 5.91 Å². The fraction of sp³-hybridized carbons (Fsp3) is 0.0588. The van der Waals surface area contributed by atoms with Crippen molar-refractivity contribution in [3.05, 3.63) is 65.0 Å². The lowest BCUT2D eigenvalue weighted by molar-refractivity contribution is 0.103. The van der Waals surface area contributed by atoms with Crippen LogP contribution in [0.1, 0.15) is 9.67 Å². The molecule has 6 heteroatoms. The lowest BCUT2D eigenvalue weighted by Crippen LogP contribution is -2.10. The van der Waals surface area contributed by atoms with Crippen LogP contribution < -0.4 is 15.4 Å². The average molecular weight is 325 g/mol. The second-order valence-electron chi connectivity index (χ2n) is 4.72. The molecule has 0 saturated carbocycles. The molecule has 116 valence electrons. The molecule has 2 heterocycles. The number of amides is 1. The summed E-state index contributed by atoms with van der Waals surface area (Å²) >= 11 is 1.40. The third kappa shape index (κ3) is 3.87. The molecular formula is C17H15N3O2S. The van der Waals surface area contributed by atoms with Gasteiger partial charge in [0.15, 0.2) is 0 Å². The second kappa shape index (κ2) is 6.93. The van der Waals surface area contributed by atoms with Crippen LogP contribution >= 0.6 is 11.3 Å². The normalized spacial score (nSPS) is 10.1. The van der Waals surface area contributed by atoms with Gasteiger partial charge in [-0.2, -0.15) is 0 Å². The van der Waals surface area contributed by atoms with Crippen molar-refractivity contribution >= 4 is 34.4 Å². The maximum absolute atomic E-state index is 12.0. The van der Waals surface area contributed by atoms with Crippen molar-refractivity contribution < 1.29 is 9.53 Å². The smallest absolute Gasteiger partial charge is 0.265 e. The zero-order chi connectivity index (χ0) is 16.1. The second-order valence-corrected chi connectivity index (χ2v) is 5.66. The summed E-state index contributed by atoms with van der Waals surface area (Å²) in [6.45, 7) is 0. The molecule has 0 spiro atoms. The number of nitrogens with zero attached hydrogens (tertiary/aromatic N) is 1. The summed E-state index contributed by atoms with van der Waals surface area (Å²) in [4.78, 5) is 16.9. The summed E-state index contributed by atoms with van der Waals surface area (Å²) < 4.78 is 5.12. The van der Waals surface area contributed by atoms with E-state index in [0.717, 1.165) is 11.4 Å². The Bertz CT molecular complexity index is 769. The molecule has 5 nitrogen and oxygen atoms in total. The number of aromatic nitrogens is 1. The van der Waals surface area contributed by atoms with E-state index in [1.807, 2.05) is 47.8 Å². The van der Waals surface area contributed by atoms with Crippen molar-refractivity contribution in [3.63, 3.8) is 0 Å². The highest BCUT2D eigenvalue weighted by Crippen LogP contribution is 2.20. The molecule has 0 bridgehead atoms. The first-order chi connectivity index (χ1) is 11.2. The first kappa shape index (κ1) is 15.1. The molecule has 1 amide bonds. The highest BCUT2D eigenvalue weighted by molar-refractivity contribution is 7.12. The summed E-state index contributed by atoms with van der Waals surface area (Å²) in [5.41, 5.74) is 1.57. The maximum Gasteiger partial charge on any atom is 0.265 e. The van der Waals surface area contributed by atoms with Crippen LogP contribution in [-0.4, -0.2) is 18.0 Å². The average Bonchev–Trinajstić information content (AvgIpc) is 3.12. The number of rotatable bonds is 5. The minimum absolute atomic E-state index is 0.127. The molecule has 2 N–H and O–H groups in total. The van der Waals surface area contributed by atoms with Crippen LogP contribution in [-0.2, 0) is 0 Å². The Labute approximate surface area is 138 Å². The van der Waals surface area contributed by atoms with Gasteiger partial charge in [0.1, 0.15) is 11.6 Å². The number of carbonyl (C=O) groups is 1. The Balaban J connectivity index is 1.63. The van der Waals surface area contributed by atoms with Gasteiger partial charge in [-0.05, 0) is 47.8 Å². The van der Waals surface area contributed by atoms with E-state index < -0.39 is 0 Å². The molecule has 0 atom stereocenters. The van der Waals surface area contributed by atoms with Crippen molar-refractivity contribution in [2.24, 2.45) is 0 Å². The number of methoxy groups -OCH3 is 1. The molecule has 23 heavy (non-hydrogen) atoms. The third-order valence-corrected chi connectivity index (χ3v) is 4.00. The van der Waals surface area contributed by atoms with Gasteiger partial charge in [-0.3, -0.25) is 4.79 Å². The van der Waals surface area contributed by atoms with Gasteiger partial charge in [0.05, 0.1) is 23.9 Å². The van der Waals surface area contributed by atoms with Gasteiger partial charge < -0.3 is 15.4 Å². The largest absolute Gasteiger partial charge is 0.497 e. The van der Waals surface area contributed by atoms with Crippen LogP contribution in [0.5, 0.6) is 5.75 Å². The van der Waals surface area contributed by atoms with Crippen LogP contribution in [0.2, 0.25) is 0 Å². The Kier molecular flexibility index (Phi) is 4.54. The van der Waals surface area contributed by atoms with E-state index in [1.165, 1.54) is 11.3 Å². The first-order valence-corrected chi connectivity index (χ1v) is 7.84. The van der Waals surface area contributed by atoms with E-state index in [2.05, 4.69) is 15.6 Å². The topological polar surface area (TPSA) is 63.2 Å². The van der Waals surface area contributed by atoms with Gasteiger partial charge in [-0.15, -0.1) is 11.3 Å². The summed E-state index contributed by atoms with van der Waals surface area (Å²) in [5, 5.41) is 7.87. The molecule has 0 aliphatic heterocycles. The van der Waals surface area contributed by atoms with Crippen molar-refractivity contribution in [1.29, 1.82) is 0 Å². The summed E-state index contributed by atoms with van der Waals surface area (Å²) in [7, 11) is 1.63. The van der Waals surface area contributed by atoms with Crippen molar-refractivity contribution in [3.8, 4) is 5.75 Å². The Morgan fingerprint density at radius 3 is 2.48 bits per heavy atom. The van der Waals surface area contributed by atoms with E-state index in [9.17, 15) is 4.79 Å². The number of pyridine rings is 1. The van der Waals surface area contributed by atoms with Crippen LogP contribution in [0.4, 0.5) is 17.2 Å². The zero-order valence-electron chi connectivity index (χ0n) is 12.4. The summed E-state index contributed by atoms with van der Waals surface area (Å²) in [5.74, 6) is 1.37. The van der Waals surface area contributed by atoms with E-state index in [0.29, 0.717) is 16.4 Å². The van der Waals surface area contributed by atoms with Gasteiger partial charge >= 0.3 is 0 Å². The predicted octanol–water partition coefficient (Wildman–Crippen LogP) is 4.15. The molecule has 0 unspecified atom stereocenters. The summed E-state index contributed by atoms with van der Waals surface area (Å²) in [6.07, 6.45) is 1.62. The zero-order valence-corrected chi connectivity index (χ0v) is 13.3. The summed E-state index contributed by atoms with van der Waals surface area (Å²) in [6, 6.07) is 14.8. The van der Waals surface area contributed by atoms with E-state index in [-0.39, 0.29) is 5.91 Å². The Morgan fingerprint density at radius 1 is 1.09 bits per heavy atom. The molecule has 0 radical (unpaired) electrons. The molecule has 0 aliphatic rings. The quantitative estimate of drug-likeness (QED) is 0.740. The highest BCUT2D eigenvalue weighted by atomic mass is 32.1. The molecule has 1 aromatic carbocycles. The van der Waals surface area contributed by atoms with Gasteiger partial charge in [0.2, 0.25) is 0 Å². The van der Waals surface area contributed by atoms with Gasteiger partial charge in [0, 0.05) is 5.69 Å². The molecular weight excluding hydrogens is 310 g/mol. The number of anilines is 3. The fourth-order valence-corrected chi connectivity index (χ4v) is 2.58. The minimum atomic E-state index is -0.127. The van der Waals surface area contributed by atoms with E-state index >= 15 is 0 Å². The van der Waals surface area contributed by atoms with Crippen LogP contribution in [0.25, 0.3) is 0 Å². The monoisotopic (exact) mass is 325 g/mol. The number of hydrogen-bond donors (Lipinski definition) is 2. The Morgan fingerprint density at radius 2 is 1.87 bits per heavy atom. The molecule has 3 rings (SSSR count). The number of benzene rings is 1. The minimum Gasteiger partial charge on any atom is -0.497 e. The van der Waals surface area contributed by atoms with Gasteiger partial charge in [-0.1, -0.05) is 6.07 Å². The lowest BCUT2D eigenvalue weighted by atomic mass is 10.3. The molecule has 0 fully saturated rings. The SMILES string of the molecule is COc1ccc(Nc2ccc(NC(=O)c3cccs3)cn2)cc1. The molecule has 2 aromatic heterocycles. The number of carbonyl (C=O) groups excluding carboxylic acids is 1. The molecule has 0 aliphatic carbocycles. The third-order valence-electron chi connectivity index (χ3n) is 3.13. The predicted molar refractivity (Wildman–Crippen MR) is 92.8 cm³/mol. The molecule has 3 aromatic rings. The Hall–Kier alpha value is -2.86. The number of ether oxygens (including phenoxy) is 1. The van der Waals surface area contributed by atoms with Crippen molar-refractivity contribution in [1.82, 2.24) is 4.98 Å². The number of thiophene rings is 1. The van der Waals surface area contributed by atoms with E-state index in [4.69, 9.17) is 4.74 Å². The van der Waals surface area contributed by atoms with Crippen LogP contribution in [0.3, 0.4) is 0 Å². The van der Waals surface area contributed by atoms with Crippen LogP contribution in [0, 0.1) is 0 Å². The van der Waals surface area contributed by atoms with Crippen molar-refractivity contribution in [2.45, 2.75) is 0 Å². The highest BCUT2D eigenvalue weighted by Gasteiger charge is 2.07. The van der Waals surface area contributed by atoms with Crippen molar-refractivity contribution in [2.75, 3.05) is 17.7 Å². The lowest BCUT2D eigenvalue weighted by Gasteiger charge is -2.08. The number of nitrogens with one attached hydrogen (secondary N) is 2. The first-order valence-electron chi connectivity index (χ1n) is 6.96. The number of hydrogen-bond acceptors (Lipinski definition) is 5. The molecule has 0 saturated heterocycles. The maximum atomic E-state index is 12.0.